The third kappa shape index (κ3) is 2.94. The molecule has 1 aliphatic rings. The summed E-state index contributed by atoms with van der Waals surface area (Å²) in [5.41, 5.74) is 9.33. The first-order valence-corrected chi connectivity index (χ1v) is 7.06. The van der Waals surface area contributed by atoms with E-state index in [9.17, 15) is 4.39 Å². The monoisotopic (exact) mass is 287 g/mol. The third-order valence-electron chi connectivity index (χ3n) is 3.72. The van der Waals surface area contributed by atoms with Crippen molar-refractivity contribution in [1.82, 2.24) is 0 Å². The Kier molecular flexibility index (Phi) is 3.69. The molecule has 0 saturated heterocycles. The zero-order valence-electron chi connectivity index (χ0n) is 12.0. The van der Waals surface area contributed by atoms with Crippen LogP contribution in [-0.2, 0) is 12.8 Å². The second kappa shape index (κ2) is 5.64. The van der Waals surface area contributed by atoms with Crippen LogP contribution in [0.25, 0.3) is 0 Å². The Hall–Kier alpha value is -2.23. The molecule has 0 radical (unpaired) electrons. The van der Waals surface area contributed by atoms with Gasteiger partial charge in [-0.25, -0.2) is 4.39 Å². The first-order chi connectivity index (χ1) is 10.1. The van der Waals surface area contributed by atoms with Gasteiger partial charge in [0.15, 0.2) is 11.6 Å². The van der Waals surface area contributed by atoms with Gasteiger partial charge in [-0.05, 0) is 35.7 Å². The molecule has 21 heavy (non-hydrogen) atoms. The fourth-order valence-electron chi connectivity index (χ4n) is 2.46. The Balaban J connectivity index is 1.62. The molecular formula is C17H18FNO2. The number of fused-ring (bicyclic) bond motifs is 1. The third-order valence-corrected chi connectivity index (χ3v) is 3.72. The molecule has 1 aliphatic heterocycles. The lowest BCUT2D eigenvalue weighted by atomic mass is 10.1. The summed E-state index contributed by atoms with van der Waals surface area (Å²) in [7, 11) is 0. The average Bonchev–Trinajstić information content (AvgIpc) is 2.92. The van der Waals surface area contributed by atoms with Gasteiger partial charge in [0.2, 0.25) is 0 Å². The van der Waals surface area contributed by atoms with Crippen LogP contribution in [0.2, 0.25) is 0 Å². The normalized spacial score (nSPS) is 12.9. The first kappa shape index (κ1) is 13.7. The Morgan fingerprint density at radius 1 is 1.29 bits per heavy atom. The predicted octanol–water partition coefficient (Wildman–Crippen LogP) is 3.27. The summed E-state index contributed by atoms with van der Waals surface area (Å²) in [6, 6.07) is 9.10. The van der Waals surface area contributed by atoms with E-state index in [1.807, 2.05) is 19.1 Å². The van der Waals surface area contributed by atoms with Crippen molar-refractivity contribution in [3.8, 4) is 11.5 Å². The molecule has 3 rings (SSSR count). The number of ether oxygens (including phenoxy) is 2. The molecule has 2 aromatic rings. The summed E-state index contributed by atoms with van der Waals surface area (Å²) in [5, 5.41) is 0. The van der Waals surface area contributed by atoms with Crippen molar-refractivity contribution >= 4 is 5.69 Å². The Morgan fingerprint density at radius 3 is 3.00 bits per heavy atom. The highest BCUT2D eigenvalue weighted by atomic mass is 19.1. The van der Waals surface area contributed by atoms with E-state index in [0.717, 1.165) is 30.8 Å². The van der Waals surface area contributed by atoms with Crippen LogP contribution in [0.15, 0.2) is 30.3 Å². The fraction of sp³-hybridized carbons (Fsp3) is 0.294. The molecule has 3 nitrogen and oxygen atoms in total. The van der Waals surface area contributed by atoms with E-state index >= 15 is 0 Å². The minimum absolute atomic E-state index is 0.256. The molecule has 0 aromatic heterocycles. The lowest BCUT2D eigenvalue weighted by molar-refractivity contribution is 0.305. The fourth-order valence-corrected chi connectivity index (χ4v) is 2.46. The molecule has 110 valence electrons. The number of nitrogen functional groups attached to an aromatic ring is 1. The van der Waals surface area contributed by atoms with E-state index < -0.39 is 5.82 Å². The molecule has 0 spiro atoms. The average molecular weight is 287 g/mol. The highest BCUT2D eigenvalue weighted by Gasteiger charge is 2.12. The number of benzene rings is 2. The van der Waals surface area contributed by atoms with Gasteiger partial charge in [-0.15, -0.1) is 0 Å². The van der Waals surface area contributed by atoms with Crippen LogP contribution in [0.3, 0.4) is 0 Å². The van der Waals surface area contributed by atoms with Crippen molar-refractivity contribution in [2.45, 2.75) is 19.8 Å². The van der Waals surface area contributed by atoms with Gasteiger partial charge in [0.05, 0.1) is 13.2 Å². The van der Waals surface area contributed by atoms with Gasteiger partial charge in [-0.3, -0.25) is 0 Å². The zero-order chi connectivity index (χ0) is 14.8. The van der Waals surface area contributed by atoms with Crippen molar-refractivity contribution in [2.75, 3.05) is 18.9 Å². The van der Waals surface area contributed by atoms with Crippen LogP contribution in [0.5, 0.6) is 11.5 Å². The maximum atomic E-state index is 13.7. The summed E-state index contributed by atoms with van der Waals surface area (Å²) in [6.07, 6.45) is 1.69. The number of aryl methyl sites for hydroxylation is 1. The van der Waals surface area contributed by atoms with Crippen molar-refractivity contribution in [1.29, 1.82) is 0 Å². The van der Waals surface area contributed by atoms with E-state index in [-0.39, 0.29) is 5.75 Å². The largest absolute Gasteiger partial charge is 0.493 e. The summed E-state index contributed by atoms with van der Waals surface area (Å²) >= 11 is 0. The maximum absolute atomic E-state index is 13.7. The highest BCUT2D eigenvalue weighted by Crippen LogP contribution is 2.27. The number of anilines is 1. The lowest BCUT2D eigenvalue weighted by Crippen LogP contribution is -2.04. The lowest BCUT2D eigenvalue weighted by Gasteiger charge is -2.10. The number of rotatable bonds is 4. The van der Waals surface area contributed by atoms with Gasteiger partial charge in [-0.2, -0.15) is 0 Å². The van der Waals surface area contributed by atoms with Crippen LogP contribution in [-0.4, -0.2) is 13.2 Å². The first-order valence-electron chi connectivity index (χ1n) is 7.06. The molecule has 0 unspecified atom stereocenters. The molecule has 2 N–H and O–H groups in total. The highest BCUT2D eigenvalue weighted by molar-refractivity contribution is 5.50. The minimum atomic E-state index is -0.416. The van der Waals surface area contributed by atoms with Crippen molar-refractivity contribution in [3.05, 3.63) is 52.8 Å². The summed E-state index contributed by atoms with van der Waals surface area (Å²) in [5.74, 6) is 0.812. The smallest absolute Gasteiger partial charge is 0.167 e. The Morgan fingerprint density at radius 2 is 2.14 bits per heavy atom. The van der Waals surface area contributed by atoms with Gasteiger partial charge >= 0.3 is 0 Å². The molecular weight excluding hydrogens is 269 g/mol. The molecule has 2 aromatic carbocycles. The van der Waals surface area contributed by atoms with Crippen LogP contribution < -0.4 is 15.2 Å². The Bertz CT molecular complexity index is 670. The summed E-state index contributed by atoms with van der Waals surface area (Å²) in [4.78, 5) is 0. The molecule has 1 heterocycles. The van der Waals surface area contributed by atoms with Crippen LogP contribution in [0.1, 0.15) is 16.7 Å². The maximum Gasteiger partial charge on any atom is 0.167 e. The predicted molar refractivity (Wildman–Crippen MR) is 80.4 cm³/mol. The molecule has 0 fully saturated rings. The molecule has 0 saturated carbocycles. The molecule has 0 bridgehead atoms. The van der Waals surface area contributed by atoms with E-state index in [1.54, 1.807) is 6.07 Å². The zero-order valence-corrected chi connectivity index (χ0v) is 12.0. The van der Waals surface area contributed by atoms with Crippen molar-refractivity contribution in [3.63, 3.8) is 0 Å². The topological polar surface area (TPSA) is 44.5 Å². The van der Waals surface area contributed by atoms with Crippen LogP contribution in [0, 0.1) is 12.7 Å². The molecule has 0 amide bonds. The second-order valence-electron chi connectivity index (χ2n) is 5.28. The summed E-state index contributed by atoms with van der Waals surface area (Å²) in [6.45, 7) is 3.02. The van der Waals surface area contributed by atoms with E-state index in [1.165, 1.54) is 17.2 Å². The molecule has 0 atom stereocenters. The van der Waals surface area contributed by atoms with Crippen LogP contribution >= 0.6 is 0 Å². The van der Waals surface area contributed by atoms with Gasteiger partial charge in [0, 0.05) is 24.6 Å². The van der Waals surface area contributed by atoms with Gasteiger partial charge in [-0.1, -0.05) is 12.1 Å². The van der Waals surface area contributed by atoms with Gasteiger partial charge in [0.1, 0.15) is 5.75 Å². The van der Waals surface area contributed by atoms with Crippen molar-refractivity contribution in [2.24, 2.45) is 0 Å². The molecule has 0 aliphatic carbocycles. The number of hydrogen-bond donors (Lipinski definition) is 1. The van der Waals surface area contributed by atoms with Gasteiger partial charge in [0.25, 0.3) is 0 Å². The van der Waals surface area contributed by atoms with E-state index in [4.69, 9.17) is 15.2 Å². The van der Waals surface area contributed by atoms with E-state index in [2.05, 4.69) is 6.07 Å². The quantitative estimate of drug-likeness (QED) is 0.878. The minimum Gasteiger partial charge on any atom is -0.493 e. The Labute approximate surface area is 123 Å². The number of nitrogens with two attached hydrogens (primary N) is 1. The second-order valence-corrected chi connectivity index (χ2v) is 5.28. The number of hydrogen-bond acceptors (Lipinski definition) is 3. The standard InChI is InChI=1S/C17H18FNO2/c1-11-8-17(14(18)10-15(11)19)21-6-4-12-2-3-16-13(9-12)5-7-20-16/h2-3,8-10H,4-7,19H2,1H3. The number of halogens is 1. The SMILES string of the molecule is Cc1cc(OCCc2ccc3c(c2)CCO3)c(F)cc1N. The van der Waals surface area contributed by atoms with Gasteiger partial charge < -0.3 is 15.2 Å². The van der Waals surface area contributed by atoms with Crippen molar-refractivity contribution < 1.29 is 13.9 Å². The molecule has 4 heteroatoms. The van der Waals surface area contributed by atoms with E-state index in [0.29, 0.717) is 12.3 Å². The summed E-state index contributed by atoms with van der Waals surface area (Å²) < 4.78 is 24.7. The van der Waals surface area contributed by atoms with Crippen LogP contribution in [0.4, 0.5) is 10.1 Å².